The fraction of sp³-hybridized carbons (Fsp3) is 0.667. The molecule has 0 aliphatic rings. The minimum Gasteiger partial charge on any atom is -0.413 e. The minimum absolute atomic E-state index is 0.818. The number of rotatable bonds is 10. The van der Waals surface area contributed by atoms with Crippen LogP contribution in [0, 0.1) is 0 Å². The van der Waals surface area contributed by atoms with Crippen LogP contribution in [0.2, 0.25) is 13.1 Å². The maximum Gasteiger partial charge on any atom is 0.218 e. The topological polar surface area (TPSA) is 9.23 Å². The van der Waals surface area contributed by atoms with Crippen molar-refractivity contribution in [2.24, 2.45) is 0 Å². The number of aryl methyl sites for hydroxylation is 1. The zero-order valence-corrected chi connectivity index (χ0v) is 14.9. The first kappa shape index (κ1) is 17.4. The summed E-state index contributed by atoms with van der Waals surface area (Å²) in [7, 11) is -1.66. The van der Waals surface area contributed by atoms with E-state index in [-0.39, 0.29) is 0 Å². The SMILES string of the molecule is CCCCCCCCc1ccc([Si](C)(C)OCC)cc1. The molecule has 0 aliphatic heterocycles. The van der Waals surface area contributed by atoms with E-state index in [9.17, 15) is 0 Å². The molecule has 0 spiro atoms. The van der Waals surface area contributed by atoms with E-state index in [2.05, 4.69) is 51.2 Å². The average Bonchev–Trinajstić information content (AvgIpc) is 2.43. The summed E-state index contributed by atoms with van der Waals surface area (Å²) >= 11 is 0. The Bertz CT molecular complexity index is 356. The first-order valence-electron chi connectivity index (χ1n) is 8.33. The van der Waals surface area contributed by atoms with Gasteiger partial charge in [0.25, 0.3) is 0 Å². The van der Waals surface area contributed by atoms with Gasteiger partial charge in [0.15, 0.2) is 0 Å². The molecule has 0 radical (unpaired) electrons. The van der Waals surface area contributed by atoms with Gasteiger partial charge in [0, 0.05) is 6.61 Å². The molecule has 2 heteroatoms. The van der Waals surface area contributed by atoms with E-state index in [1.165, 1.54) is 55.7 Å². The maximum atomic E-state index is 5.93. The Balaban J connectivity index is 2.35. The van der Waals surface area contributed by atoms with Gasteiger partial charge in [-0.1, -0.05) is 63.3 Å². The van der Waals surface area contributed by atoms with Crippen molar-refractivity contribution in [2.45, 2.75) is 71.9 Å². The van der Waals surface area contributed by atoms with Crippen LogP contribution in [0.3, 0.4) is 0 Å². The molecule has 0 N–H and O–H groups in total. The van der Waals surface area contributed by atoms with Crippen molar-refractivity contribution in [1.29, 1.82) is 0 Å². The van der Waals surface area contributed by atoms with Crippen LogP contribution in [-0.4, -0.2) is 14.9 Å². The summed E-state index contributed by atoms with van der Waals surface area (Å²) in [5.74, 6) is 0. The van der Waals surface area contributed by atoms with Crippen LogP contribution in [0.25, 0.3) is 0 Å². The van der Waals surface area contributed by atoms with Gasteiger partial charge >= 0.3 is 0 Å². The standard InChI is InChI=1S/C18H32OSi/c1-5-7-8-9-10-11-12-17-13-15-18(16-14-17)20(3,4)19-6-2/h13-16H,5-12H2,1-4H3. The minimum atomic E-state index is -1.66. The molecule has 0 atom stereocenters. The zero-order chi connectivity index (χ0) is 14.8. The lowest BCUT2D eigenvalue weighted by Gasteiger charge is -2.22. The molecule has 0 bridgehead atoms. The van der Waals surface area contributed by atoms with Crippen molar-refractivity contribution in [1.82, 2.24) is 0 Å². The predicted molar refractivity (Wildman–Crippen MR) is 92.3 cm³/mol. The lowest BCUT2D eigenvalue weighted by Crippen LogP contribution is -2.44. The molecule has 0 aromatic heterocycles. The highest BCUT2D eigenvalue weighted by atomic mass is 28.4. The van der Waals surface area contributed by atoms with E-state index >= 15 is 0 Å². The normalized spacial score (nSPS) is 11.8. The molecule has 0 heterocycles. The van der Waals surface area contributed by atoms with Crippen molar-refractivity contribution in [3.63, 3.8) is 0 Å². The molecule has 20 heavy (non-hydrogen) atoms. The van der Waals surface area contributed by atoms with Gasteiger partial charge in [0.2, 0.25) is 8.32 Å². The van der Waals surface area contributed by atoms with E-state index in [4.69, 9.17) is 4.43 Å². The summed E-state index contributed by atoms with van der Waals surface area (Å²) in [6.45, 7) is 9.73. The Kier molecular flexibility index (Phi) is 8.16. The second-order valence-electron chi connectivity index (χ2n) is 6.16. The van der Waals surface area contributed by atoms with Gasteiger partial charge in [-0.2, -0.15) is 0 Å². The van der Waals surface area contributed by atoms with Crippen LogP contribution in [0.15, 0.2) is 24.3 Å². The highest BCUT2D eigenvalue weighted by Gasteiger charge is 2.24. The predicted octanol–water partition coefficient (Wildman–Crippen LogP) is 5.04. The number of hydrogen-bond donors (Lipinski definition) is 0. The monoisotopic (exact) mass is 292 g/mol. The lowest BCUT2D eigenvalue weighted by atomic mass is 10.1. The van der Waals surface area contributed by atoms with Crippen LogP contribution in [-0.2, 0) is 10.8 Å². The van der Waals surface area contributed by atoms with E-state index in [0.29, 0.717) is 0 Å². The molecule has 0 aliphatic carbocycles. The Labute approximate surface area is 126 Å². The van der Waals surface area contributed by atoms with E-state index < -0.39 is 8.32 Å². The van der Waals surface area contributed by atoms with Gasteiger partial charge < -0.3 is 4.43 Å². The van der Waals surface area contributed by atoms with E-state index in [0.717, 1.165) is 6.61 Å². The van der Waals surface area contributed by atoms with E-state index in [1.807, 2.05) is 0 Å². The van der Waals surface area contributed by atoms with Gasteiger partial charge in [-0.25, -0.2) is 0 Å². The highest BCUT2D eigenvalue weighted by molar-refractivity contribution is 6.84. The van der Waals surface area contributed by atoms with Crippen molar-refractivity contribution in [2.75, 3.05) is 6.61 Å². The summed E-state index contributed by atoms with van der Waals surface area (Å²) in [5.41, 5.74) is 1.48. The van der Waals surface area contributed by atoms with Crippen LogP contribution >= 0.6 is 0 Å². The van der Waals surface area contributed by atoms with E-state index in [1.54, 1.807) is 0 Å². The van der Waals surface area contributed by atoms with Crippen LogP contribution in [0.4, 0.5) is 0 Å². The average molecular weight is 293 g/mol. The molecule has 0 saturated carbocycles. The number of hydrogen-bond acceptors (Lipinski definition) is 1. The van der Waals surface area contributed by atoms with Crippen molar-refractivity contribution in [3.8, 4) is 0 Å². The largest absolute Gasteiger partial charge is 0.413 e. The maximum absolute atomic E-state index is 5.93. The Morgan fingerprint density at radius 1 is 0.850 bits per heavy atom. The van der Waals surface area contributed by atoms with Crippen molar-refractivity contribution < 1.29 is 4.43 Å². The Morgan fingerprint density at radius 2 is 1.45 bits per heavy atom. The summed E-state index contributed by atoms with van der Waals surface area (Å²) in [5, 5.41) is 1.41. The first-order chi connectivity index (χ1) is 9.60. The number of unbranched alkanes of at least 4 members (excludes halogenated alkanes) is 5. The highest BCUT2D eigenvalue weighted by Crippen LogP contribution is 2.11. The van der Waals surface area contributed by atoms with Gasteiger partial charge in [0.05, 0.1) is 0 Å². The smallest absolute Gasteiger partial charge is 0.218 e. The molecular weight excluding hydrogens is 260 g/mol. The van der Waals surface area contributed by atoms with Crippen LogP contribution in [0.1, 0.15) is 57.9 Å². The van der Waals surface area contributed by atoms with Crippen LogP contribution in [0.5, 0.6) is 0 Å². The molecule has 1 aromatic carbocycles. The summed E-state index contributed by atoms with van der Waals surface area (Å²) in [4.78, 5) is 0. The second kappa shape index (κ2) is 9.35. The quantitative estimate of drug-likeness (QED) is 0.434. The molecule has 1 rings (SSSR count). The molecule has 114 valence electrons. The van der Waals surface area contributed by atoms with Crippen molar-refractivity contribution >= 4 is 13.5 Å². The third kappa shape index (κ3) is 6.23. The fourth-order valence-electron chi connectivity index (χ4n) is 2.63. The summed E-state index contributed by atoms with van der Waals surface area (Å²) < 4.78 is 5.93. The van der Waals surface area contributed by atoms with Crippen molar-refractivity contribution in [3.05, 3.63) is 29.8 Å². The first-order valence-corrected chi connectivity index (χ1v) is 11.2. The summed E-state index contributed by atoms with van der Waals surface area (Å²) in [6.07, 6.45) is 9.46. The molecule has 0 amide bonds. The second-order valence-corrected chi connectivity index (χ2v) is 10.0. The lowest BCUT2D eigenvalue weighted by molar-refractivity contribution is 0.339. The Morgan fingerprint density at radius 3 is 2.05 bits per heavy atom. The van der Waals surface area contributed by atoms with Gasteiger partial charge in [-0.05, 0) is 43.6 Å². The molecule has 0 fully saturated rings. The Hall–Kier alpha value is -0.603. The fourth-order valence-corrected chi connectivity index (χ4v) is 4.48. The van der Waals surface area contributed by atoms with Crippen LogP contribution < -0.4 is 5.19 Å². The number of benzene rings is 1. The molecule has 1 nitrogen and oxygen atoms in total. The molecule has 0 saturated heterocycles. The van der Waals surface area contributed by atoms with Gasteiger partial charge in [-0.15, -0.1) is 0 Å². The molecular formula is C18H32OSi. The third-order valence-electron chi connectivity index (χ3n) is 3.97. The summed E-state index contributed by atoms with van der Waals surface area (Å²) in [6, 6.07) is 9.17. The molecule has 0 unspecified atom stereocenters. The zero-order valence-electron chi connectivity index (χ0n) is 13.9. The van der Waals surface area contributed by atoms with Gasteiger partial charge in [-0.3, -0.25) is 0 Å². The third-order valence-corrected chi connectivity index (χ3v) is 6.71. The molecule has 1 aromatic rings. The van der Waals surface area contributed by atoms with Gasteiger partial charge in [0.1, 0.15) is 0 Å².